The van der Waals surface area contributed by atoms with Crippen molar-refractivity contribution in [1.82, 2.24) is 30.5 Å². The van der Waals surface area contributed by atoms with E-state index in [1.807, 2.05) is 32.0 Å². The Bertz CT molecular complexity index is 1680. The van der Waals surface area contributed by atoms with E-state index in [1.165, 1.54) is 6.20 Å². The number of halogens is 2. The van der Waals surface area contributed by atoms with Gasteiger partial charge in [-0.05, 0) is 41.7 Å². The number of carbonyl (C=O) groups is 4. The number of aliphatic carboxylic acids is 1. The highest BCUT2D eigenvalue weighted by Crippen LogP contribution is 2.35. The molecule has 12 nitrogen and oxygen atoms in total. The summed E-state index contributed by atoms with van der Waals surface area (Å²) in [6, 6.07) is 8.36. The third-order valence-electron chi connectivity index (χ3n) is 6.93. The Labute approximate surface area is 249 Å². The van der Waals surface area contributed by atoms with Crippen LogP contribution in [0.3, 0.4) is 0 Å². The lowest BCUT2D eigenvalue weighted by Gasteiger charge is -2.30. The average Bonchev–Trinajstić information content (AvgIpc) is 3.62. The quantitative estimate of drug-likeness (QED) is 0.281. The summed E-state index contributed by atoms with van der Waals surface area (Å²) in [5.41, 5.74) is 2.40. The van der Waals surface area contributed by atoms with Crippen molar-refractivity contribution in [1.29, 1.82) is 0 Å². The maximum absolute atomic E-state index is 13.2. The van der Waals surface area contributed by atoms with Crippen LogP contribution in [0.2, 0.25) is 10.0 Å². The number of benzene rings is 2. The fourth-order valence-electron chi connectivity index (χ4n) is 4.62. The van der Waals surface area contributed by atoms with E-state index in [0.29, 0.717) is 35.4 Å². The van der Waals surface area contributed by atoms with Crippen molar-refractivity contribution in [3.05, 3.63) is 80.8 Å². The Kier molecular flexibility index (Phi) is 8.19. The zero-order chi connectivity index (χ0) is 30.1. The third kappa shape index (κ3) is 5.81. The molecule has 0 radical (unpaired) electrons. The molecular weight excluding hydrogens is 587 g/mol. The number of carboxylic acid groups (broad SMARTS) is 1. The second-order valence-corrected chi connectivity index (χ2v) is 10.9. The maximum atomic E-state index is 13.2. The molecule has 42 heavy (non-hydrogen) atoms. The van der Waals surface area contributed by atoms with Crippen LogP contribution >= 0.6 is 23.2 Å². The Morgan fingerprint density at radius 2 is 1.90 bits per heavy atom. The number of rotatable bonds is 7. The number of nitrogens with zero attached hydrogens (tertiary/aromatic N) is 4. The van der Waals surface area contributed by atoms with Crippen molar-refractivity contribution in [2.24, 2.45) is 0 Å². The van der Waals surface area contributed by atoms with E-state index in [-0.39, 0.29) is 39.7 Å². The fraction of sp³-hybridized carbons (Fsp3) is 0.286. The Morgan fingerprint density at radius 3 is 2.60 bits per heavy atom. The molecule has 1 unspecified atom stereocenters. The van der Waals surface area contributed by atoms with Crippen LogP contribution in [0, 0.1) is 0 Å². The van der Waals surface area contributed by atoms with Crippen LogP contribution in [0.25, 0.3) is 11.0 Å². The van der Waals surface area contributed by atoms with E-state index in [2.05, 4.69) is 20.9 Å². The largest absolute Gasteiger partial charge is 0.480 e. The summed E-state index contributed by atoms with van der Waals surface area (Å²) in [4.78, 5) is 52.2. The molecule has 14 heteroatoms. The van der Waals surface area contributed by atoms with Gasteiger partial charge in [0, 0.05) is 18.5 Å². The van der Waals surface area contributed by atoms with E-state index in [1.54, 1.807) is 23.1 Å². The molecular formula is C28H26Cl2N6O6. The third-order valence-corrected chi connectivity index (χ3v) is 7.64. The number of hydrogen-bond acceptors (Lipinski definition) is 7. The molecule has 0 saturated carbocycles. The van der Waals surface area contributed by atoms with Gasteiger partial charge >= 0.3 is 12.0 Å². The number of nitrogens with one attached hydrogen (secondary N) is 2. The summed E-state index contributed by atoms with van der Waals surface area (Å²) in [5, 5.41) is 23.0. The van der Waals surface area contributed by atoms with Gasteiger partial charge in [0.1, 0.15) is 11.6 Å². The molecule has 5 rings (SSSR count). The predicted molar refractivity (Wildman–Crippen MR) is 153 cm³/mol. The number of amides is 3. The standard InChI is InChI=1S/C28H26Cl2N6O6/c1-14(2)20-13-36(34-33-20)28(41)31-11-19(27(39)40)32-25(37)23-18(29)9-16-12-35(8-7-17(16)24(23)30)26(38)22-10-15-5-3-4-6-21(15)42-22/h3-6,9-10,13-14,19H,7-8,11-12H2,1-2H3,(H,31,41)(H,32,37)(H,39,40). The molecule has 1 aliphatic rings. The van der Waals surface area contributed by atoms with Crippen molar-refractivity contribution < 1.29 is 28.7 Å². The average molecular weight is 613 g/mol. The highest BCUT2D eigenvalue weighted by Gasteiger charge is 2.30. The van der Waals surface area contributed by atoms with Crippen molar-refractivity contribution in [2.45, 2.75) is 38.8 Å². The number of fused-ring (bicyclic) bond motifs is 2. The minimum Gasteiger partial charge on any atom is -0.480 e. The van der Waals surface area contributed by atoms with E-state index in [0.717, 1.165) is 10.1 Å². The molecule has 1 aliphatic heterocycles. The summed E-state index contributed by atoms with van der Waals surface area (Å²) in [5.74, 6) is -2.23. The Morgan fingerprint density at radius 1 is 1.14 bits per heavy atom. The molecule has 0 saturated heterocycles. The Balaban J connectivity index is 1.28. The van der Waals surface area contributed by atoms with Crippen LogP contribution in [0.15, 0.2) is 47.0 Å². The SMILES string of the molecule is CC(C)c1cn(C(=O)NCC(NC(=O)c2c(Cl)cc3c(c2Cl)CCN(C(=O)c2cc4ccccc4o2)C3)C(=O)O)nn1. The van der Waals surface area contributed by atoms with Crippen LogP contribution in [0.1, 0.15) is 57.5 Å². The first kappa shape index (κ1) is 29.1. The molecule has 0 bridgehead atoms. The van der Waals surface area contributed by atoms with Crippen molar-refractivity contribution in [3.63, 3.8) is 0 Å². The molecule has 218 valence electrons. The lowest BCUT2D eigenvalue weighted by molar-refractivity contribution is -0.139. The zero-order valence-electron chi connectivity index (χ0n) is 22.6. The molecule has 0 spiro atoms. The number of para-hydroxylation sites is 1. The molecule has 0 aliphatic carbocycles. The fourth-order valence-corrected chi connectivity index (χ4v) is 5.38. The second-order valence-electron chi connectivity index (χ2n) is 10.1. The smallest absolute Gasteiger partial charge is 0.343 e. The van der Waals surface area contributed by atoms with Crippen LogP contribution in [0.4, 0.5) is 4.79 Å². The first-order valence-corrected chi connectivity index (χ1v) is 13.8. The molecule has 3 N–H and O–H groups in total. The van der Waals surface area contributed by atoms with Gasteiger partial charge in [-0.3, -0.25) is 9.59 Å². The summed E-state index contributed by atoms with van der Waals surface area (Å²) >= 11 is 13.1. The van der Waals surface area contributed by atoms with E-state index in [4.69, 9.17) is 27.6 Å². The minimum atomic E-state index is -1.49. The zero-order valence-corrected chi connectivity index (χ0v) is 24.1. The van der Waals surface area contributed by atoms with Gasteiger partial charge in [0.05, 0.1) is 34.0 Å². The first-order valence-electron chi connectivity index (χ1n) is 13.0. The summed E-state index contributed by atoms with van der Waals surface area (Å²) in [6.45, 7) is 3.84. The van der Waals surface area contributed by atoms with Gasteiger partial charge in [-0.2, -0.15) is 4.68 Å². The van der Waals surface area contributed by atoms with Gasteiger partial charge in [-0.1, -0.05) is 60.5 Å². The van der Waals surface area contributed by atoms with E-state index in [9.17, 15) is 24.3 Å². The normalized spacial score (nSPS) is 13.6. The van der Waals surface area contributed by atoms with E-state index < -0.39 is 30.5 Å². The van der Waals surface area contributed by atoms with Gasteiger partial charge in [0.15, 0.2) is 5.76 Å². The van der Waals surface area contributed by atoms with Gasteiger partial charge in [0.25, 0.3) is 11.8 Å². The van der Waals surface area contributed by atoms with Crippen molar-refractivity contribution >= 4 is 58.0 Å². The van der Waals surface area contributed by atoms with Gasteiger partial charge in [0.2, 0.25) is 0 Å². The highest BCUT2D eigenvalue weighted by atomic mass is 35.5. The summed E-state index contributed by atoms with van der Waals surface area (Å²) in [6.07, 6.45) is 1.78. The molecule has 2 aromatic heterocycles. The molecule has 0 fully saturated rings. The van der Waals surface area contributed by atoms with Crippen molar-refractivity contribution in [3.8, 4) is 0 Å². The van der Waals surface area contributed by atoms with Crippen molar-refractivity contribution in [2.75, 3.05) is 13.1 Å². The first-order chi connectivity index (χ1) is 20.0. The van der Waals surface area contributed by atoms with E-state index >= 15 is 0 Å². The second kappa shape index (κ2) is 11.8. The number of aromatic nitrogens is 3. The maximum Gasteiger partial charge on any atom is 0.343 e. The van der Waals surface area contributed by atoms with Crippen LogP contribution in [-0.4, -0.2) is 67.9 Å². The van der Waals surface area contributed by atoms with Gasteiger partial charge in [-0.15, -0.1) is 5.10 Å². The van der Waals surface area contributed by atoms with Gasteiger partial charge in [-0.25, -0.2) is 9.59 Å². The minimum absolute atomic E-state index is 0.00806. The lowest BCUT2D eigenvalue weighted by Crippen LogP contribution is -2.49. The molecule has 4 aromatic rings. The monoisotopic (exact) mass is 612 g/mol. The summed E-state index contributed by atoms with van der Waals surface area (Å²) in [7, 11) is 0. The van der Waals surface area contributed by atoms with Crippen LogP contribution in [0.5, 0.6) is 0 Å². The topological polar surface area (TPSA) is 160 Å². The molecule has 1 atom stereocenters. The lowest BCUT2D eigenvalue weighted by atomic mass is 9.96. The van der Waals surface area contributed by atoms with Crippen LogP contribution in [-0.2, 0) is 17.8 Å². The Hall–Kier alpha value is -4.42. The molecule has 3 amide bonds. The molecule has 3 heterocycles. The molecule has 2 aromatic carbocycles. The van der Waals surface area contributed by atoms with Crippen LogP contribution < -0.4 is 10.6 Å². The highest BCUT2D eigenvalue weighted by molar-refractivity contribution is 6.40. The number of hydrogen-bond donors (Lipinski definition) is 3. The van der Waals surface area contributed by atoms with Gasteiger partial charge < -0.3 is 25.1 Å². The predicted octanol–water partition coefficient (Wildman–Crippen LogP) is 4.09. The number of furan rings is 1. The number of carbonyl (C=O) groups excluding carboxylic acids is 3. The number of carboxylic acids is 1. The summed E-state index contributed by atoms with van der Waals surface area (Å²) < 4.78 is 6.67.